The number of primary amides is 2. The molecule has 2 bridgehead atoms. The lowest BCUT2D eigenvalue weighted by atomic mass is 10.0. The number of carbonyl (C=O) groups is 17. The highest BCUT2D eigenvalue weighted by Gasteiger charge is 2.46. The Morgan fingerprint density at radius 2 is 0.991 bits per heavy atom. The molecule has 0 radical (unpaired) electrons. The topological polar surface area (TPSA) is 591 Å². The number of rotatable bonds is 13. The van der Waals surface area contributed by atoms with E-state index in [1.807, 2.05) is 0 Å². The van der Waals surface area contributed by atoms with E-state index in [2.05, 4.69) is 58.5 Å². The lowest BCUT2D eigenvalue weighted by molar-refractivity contribution is -0.148. The molecular formula is C65H89N17O21S4. The summed E-state index contributed by atoms with van der Waals surface area (Å²) in [5.41, 5.74) is 17.8. The first-order valence-corrected chi connectivity index (χ1v) is 39.2. The van der Waals surface area contributed by atoms with Crippen molar-refractivity contribution in [2.75, 3.05) is 55.8 Å². The summed E-state index contributed by atoms with van der Waals surface area (Å²) in [7, 11) is 3.20. The van der Waals surface area contributed by atoms with Crippen molar-refractivity contribution in [1.82, 2.24) is 73.2 Å². The quantitative estimate of drug-likeness (QED) is 0.0829. The van der Waals surface area contributed by atoms with Crippen LogP contribution in [0, 0.1) is 0 Å². The molecule has 2 aromatic rings. The van der Waals surface area contributed by atoms with Gasteiger partial charge in [-0.25, -0.2) is 0 Å². The number of phenolic OH excluding ortho intramolecular Hbond substituents is 1. The number of phenols is 1. The molecule has 2 unspecified atom stereocenters. The Kier molecular flexibility index (Phi) is 32.1. The number of carboxylic acid groups (broad SMARTS) is 1. The first-order chi connectivity index (χ1) is 50.9. The molecule has 0 spiro atoms. The highest BCUT2D eigenvalue weighted by Crippen LogP contribution is 2.30. The second-order valence-electron chi connectivity index (χ2n) is 25.9. The van der Waals surface area contributed by atoms with E-state index in [0.29, 0.717) is 11.1 Å². The molecule has 0 aliphatic carbocycles. The smallest absolute Gasteiger partial charge is 0.305 e. The van der Waals surface area contributed by atoms with E-state index in [1.165, 1.54) is 41.0 Å². The van der Waals surface area contributed by atoms with E-state index in [-0.39, 0.29) is 76.8 Å². The van der Waals surface area contributed by atoms with Gasteiger partial charge < -0.3 is 111 Å². The minimum absolute atomic E-state index is 0.00468. The second-order valence-corrected chi connectivity index (χ2v) is 31.0. The van der Waals surface area contributed by atoms with Crippen molar-refractivity contribution in [3.05, 3.63) is 65.7 Å². The van der Waals surface area contributed by atoms with Gasteiger partial charge in [-0.2, -0.15) is 0 Å². The number of fused-ring (bicyclic) bond motifs is 11. The summed E-state index contributed by atoms with van der Waals surface area (Å²) in [6, 6.07) is -9.48. The predicted octanol–water partition coefficient (Wildman–Crippen LogP) is -7.54. The largest absolute Gasteiger partial charge is 0.508 e. The Hall–Kier alpha value is -9.49. The van der Waals surface area contributed by atoms with E-state index >= 15 is 9.59 Å². The third kappa shape index (κ3) is 24.3. The van der Waals surface area contributed by atoms with Crippen LogP contribution in [-0.4, -0.2) is 282 Å². The number of aliphatic hydroxyl groups is 2. The zero-order valence-electron chi connectivity index (χ0n) is 58.2. The van der Waals surface area contributed by atoms with Crippen molar-refractivity contribution in [1.29, 1.82) is 0 Å². The second kappa shape index (κ2) is 40.5. The van der Waals surface area contributed by atoms with Crippen LogP contribution in [0.25, 0.3) is 0 Å². The van der Waals surface area contributed by atoms with Gasteiger partial charge >= 0.3 is 5.97 Å². The summed E-state index contributed by atoms with van der Waals surface area (Å²) in [5.74, 6) is -20.5. The zero-order valence-corrected chi connectivity index (χ0v) is 61.5. The van der Waals surface area contributed by atoms with Gasteiger partial charge in [0, 0.05) is 55.5 Å². The molecular weight excluding hydrogens is 1480 g/mol. The molecule has 2 aromatic carbocycles. The molecule has 16 amide bonds. The van der Waals surface area contributed by atoms with Gasteiger partial charge in [-0.15, -0.1) is 0 Å². The number of hydrogen-bond donors (Lipinski definition) is 18. The van der Waals surface area contributed by atoms with Crippen molar-refractivity contribution >= 4 is 144 Å². The Balaban J connectivity index is 1.32. The number of nitrogens with zero attached hydrogens (tertiary/aromatic N) is 3. The minimum atomic E-state index is -1.99. The van der Waals surface area contributed by atoms with Gasteiger partial charge in [0.15, 0.2) is 0 Å². The van der Waals surface area contributed by atoms with Crippen LogP contribution in [-0.2, 0) is 94.3 Å². The molecule has 107 heavy (non-hydrogen) atoms. The first kappa shape index (κ1) is 84.8. The van der Waals surface area contributed by atoms with Crippen molar-refractivity contribution < 1.29 is 102 Å². The van der Waals surface area contributed by atoms with E-state index < -0.39 is 240 Å². The van der Waals surface area contributed by atoms with Crippen molar-refractivity contribution in [3.63, 3.8) is 0 Å². The number of carboxylic acids is 1. The van der Waals surface area contributed by atoms with Gasteiger partial charge in [0.2, 0.25) is 94.5 Å². The van der Waals surface area contributed by atoms with Crippen molar-refractivity contribution in [2.45, 2.75) is 169 Å². The van der Waals surface area contributed by atoms with Crippen molar-refractivity contribution in [3.8, 4) is 5.75 Å². The van der Waals surface area contributed by atoms with E-state index in [9.17, 15) is 92.3 Å². The number of nitrogens with two attached hydrogens (primary N) is 3. The Bertz CT molecular complexity index is 3650. The molecule has 0 aromatic heterocycles. The average Bonchev–Trinajstić information content (AvgIpc) is 1.68. The van der Waals surface area contributed by atoms with Gasteiger partial charge in [-0.1, -0.05) is 85.6 Å². The van der Waals surface area contributed by atoms with Crippen LogP contribution in [0.2, 0.25) is 0 Å². The third-order valence-corrected chi connectivity index (χ3v) is 22.8. The summed E-state index contributed by atoms with van der Waals surface area (Å²) < 4.78 is 0. The van der Waals surface area contributed by atoms with Crippen LogP contribution in [0.3, 0.4) is 0 Å². The number of nitrogens with one attached hydrogen (secondary N) is 11. The monoisotopic (exact) mass is 1570 g/mol. The molecule has 15 atom stereocenters. The van der Waals surface area contributed by atoms with E-state index in [0.717, 1.165) is 55.0 Å². The standard InChI is InChI=1S/C65H89N17O21S4/c1-31-53(91)79-51(32(2)84)62(100)74-39(23-48(67)86)64(102)80-18-6-11-45(80)60(98)72-37(24-50(88)89)55(93)76-41(52(68)90)27-104-106-29-43-59(97)75-40(26-83)56(94)73-38(22-34-14-16-35(85)17-15-34)63(101)82-20-8-13-47(82)65(103)81-19-7-12-46(81)61(99)78-44(30-107-105-28-42(57(95)77-43)70-49(87)25-66)58(96)71-36(54(92)69-31)21-33-9-4-3-5-10-33/h3-5,9-10,14-17,31-32,36-47,51,83-85H,6-8,11-13,18-30,66H2,1-2H3,(H2,67,86)(H2,68,90)(H,69,92)(H,70,87)(H,71,96)(H,72,98)(H,73,94)(H,74,100)(H,75,97)(H,76,93)(H,77,95)(H,78,99)(H,79,91)(H,88,89)/t31-,32+,36-,37?,38-,39?,40-,41-,42-,43-,44-,45-,46-,47-,51-/m0/s1. The highest BCUT2D eigenvalue weighted by molar-refractivity contribution is 8.77. The maximum atomic E-state index is 15.0. The molecule has 38 nitrogen and oxygen atoms in total. The molecule has 5 fully saturated rings. The van der Waals surface area contributed by atoms with Gasteiger partial charge in [0.05, 0.1) is 32.1 Å². The number of aliphatic hydroxyl groups excluding tert-OH is 2. The Morgan fingerprint density at radius 3 is 1.56 bits per heavy atom. The minimum Gasteiger partial charge on any atom is -0.508 e. The van der Waals surface area contributed by atoms with E-state index in [4.69, 9.17) is 17.2 Å². The molecule has 5 aliphatic heterocycles. The zero-order chi connectivity index (χ0) is 78.3. The normalized spacial score (nSPS) is 28.5. The molecule has 0 saturated carbocycles. The van der Waals surface area contributed by atoms with Gasteiger partial charge in [0.1, 0.15) is 90.3 Å². The molecule has 21 N–H and O–H groups in total. The number of carbonyl (C=O) groups excluding carboxylic acids is 16. The average molecular weight is 1570 g/mol. The summed E-state index contributed by atoms with van der Waals surface area (Å²) in [6.07, 6.45) is -3.71. The van der Waals surface area contributed by atoms with Crippen LogP contribution in [0.5, 0.6) is 5.75 Å². The highest BCUT2D eigenvalue weighted by atomic mass is 33.1. The molecule has 5 heterocycles. The van der Waals surface area contributed by atoms with Gasteiger partial charge in [0.25, 0.3) is 0 Å². The lowest BCUT2D eigenvalue weighted by Gasteiger charge is -2.33. The SMILES string of the molecule is C[C@@H]1NC(=O)[C@H](Cc2ccccc2)NC(=O)[C@@H]2CSSC[C@H](NC(=O)CN)C(=O)N[C@@H](CSSC[C@@H](C(N)=O)NC(=O)C(CC(=O)O)NC(=O)[C@@H]3CCCN3C(=O)C(CC(N)=O)NC(=O)[C@H]([C@@H](C)O)NC1=O)C(=O)N[C@@H](CO)C(=O)N[C@@H](Cc1ccc(O)cc1)C(=O)N1CCC[C@H]1C(=O)N1CCC[C@H]1C(=O)N2. The maximum absolute atomic E-state index is 15.0. The summed E-state index contributed by atoms with van der Waals surface area (Å²) in [5, 5.41) is 68.7. The fourth-order valence-electron chi connectivity index (χ4n) is 12.3. The summed E-state index contributed by atoms with van der Waals surface area (Å²) >= 11 is 0. The number of benzene rings is 2. The van der Waals surface area contributed by atoms with Gasteiger partial charge in [-0.3, -0.25) is 81.5 Å². The molecule has 7 rings (SSSR count). The number of aromatic hydroxyl groups is 1. The molecule has 5 saturated heterocycles. The fraction of sp³-hybridized carbons (Fsp3) is 0.554. The van der Waals surface area contributed by atoms with Crippen molar-refractivity contribution in [2.24, 2.45) is 17.2 Å². The third-order valence-electron chi connectivity index (χ3n) is 17.9. The van der Waals surface area contributed by atoms with Crippen LogP contribution in [0.4, 0.5) is 0 Å². The lowest BCUT2D eigenvalue weighted by Crippen LogP contribution is -2.62. The van der Waals surface area contributed by atoms with Gasteiger partial charge in [-0.05, 0) is 75.6 Å². The fourth-order valence-corrected chi connectivity index (χ4v) is 16.9. The van der Waals surface area contributed by atoms with Crippen LogP contribution in [0.15, 0.2) is 54.6 Å². The van der Waals surface area contributed by atoms with E-state index in [1.54, 1.807) is 30.3 Å². The first-order valence-electron chi connectivity index (χ1n) is 34.2. The molecule has 5 aliphatic rings. The summed E-state index contributed by atoms with van der Waals surface area (Å²) in [6.45, 7) is 0.222. The maximum Gasteiger partial charge on any atom is 0.305 e. The number of aliphatic carboxylic acids is 1. The van der Waals surface area contributed by atoms with Crippen LogP contribution in [0.1, 0.15) is 76.3 Å². The van der Waals surface area contributed by atoms with Crippen LogP contribution >= 0.6 is 43.2 Å². The molecule has 584 valence electrons. The Labute approximate surface area is 628 Å². The number of hydrogen-bond acceptors (Lipinski definition) is 25. The Morgan fingerprint density at radius 1 is 0.514 bits per heavy atom. The molecule has 42 heteroatoms. The van der Waals surface area contributed by atoms with Crippen LogP contribution < -0.4 is 75.7 Å². The summed E-state index contributed by atoms with van der Waals surface area (Å²) in [4.78, 5) is 243. The predicted molar refractivity (Wildman–Crippen MR) is 386 cm³/mol. The number of amides is 16.